The second kappa shape index (κ2) is 17.0. The molecule has 5 aromatic rings. The number of carboxylic acids is 1. The Labute approximate surface area is 247 Å². The maximum Gasteiger partial charge on any atom is 0.352 e. The van der Waals surface area contributed by atoms with Crippen molar-refractivity contribution in [1.29, 1.82) is 0 Å². The number of aryl methyl sites for hydroxylation is 2. The number of halogens is 1. The summed E-state index contributed by atoms with van der Waals surface area (Å²) in [5.74, 6) is -1.53. The van der Waals surface area contributed by atoms with Gasteiger partial charge in [0.1, 0.15) is 11.5 Å². The van der Waals surface area contributed by atoms with Crippen LogP contribution in [0.2, 0.25) is 0 Å². The molecule has 220 valence electrons. The monoisotopic (exact) mass is 569 g/mol. The summed E-state index contributed by atoms with van der Waals surface area (Å²) in [6, 6.07) is 29.7. The zero-order chi connectivity index (χ0) is 31.1. The van der Waals surface area contributed by atoms with E-state index in [0.717, 1.165) is 16.8 Å². The molecule has 7 heteroatoms. The Hall–Kier alpha value is -4.91. The van der Waals surface area contributed by atoms with Gasteiger partial charge in [-0.15, -0.1) is 0 Å². The number of carboxylic acid groups (broad SMARTS) is 1. The van der Waals surface area contributed by atoms with Gasteiger partial charge in [-0.1, -0.05) is 80.4 Å². The molecule has 0 aliphatic carbocycles. The van der Waals surface area contributed by atoms with Gasteiger partial charge < -0.3 is 20.3 Å². The van der Waals surface area contributed by atoms with Crippen LogP contribution >= 0.6 is 0 Å². The average molecular weight is 570 g/mol. The third-order valence-electron chi connectivity index (χ3n) is 5.83. The summed E-state index contributed by atoms with van der Waals surface area (Å²) in [6.07, 6.45) is 1.93. The molecule has 0 fully saturated rings. The van der Waals surface area contributed by atoms with Crippen LogP contribution in [-0.4, -0.2) is 36.6 Å². The number of amides is 1. The maximum atomic E-state index is 14.0. The predicted molar refractivity (Wildman–Crippen MR) is 173 cm³/mol. The van der Waals surface area contributed by atoms with Gasteiger partial charge in [-0.2, -0.15) is 0 Å². The lowest BCUT2D eigenvalue weighted by Gasteiger charge is -2.10. The third kappa shape index (κ3) is 9.93. The lowest BCUT2D eigenvalue weighted by molar-refractivity contribution is -0.105. The molecule has 0 atom stereocenters. The minimum atomic E-state index is -1.10. The molecule has 0 aliphatic rings. The van der Waals surface area contributed by atoms with Gasteiger partial charge in [0.15, 0.2) is 0 Å². The number of benzene rings is 4. The molecule has 1 amide bonds. The van der Waals surface area contributed by atoms with Crippen molar-refractivity contribution in [2.24, 2.45) is 0 Å². The Balaban J connectivity index is 0.000000235. The largest absolute Gasteiger partial charge is 0.477 e. The summed E-state index contributed by atoms with van der Waals surface area (Å²) in [5.41, 5.74) is 5.61. The molecule has 0 spiro atoms. The number of hydrogen-bond donors (Lipinski definition) is 3. The van der Waals surface area contributed by atoms with Gasteiger partial charge >= 0.3 is 5.97 Å². The van der Waals surface area contributed by atoms with Crippen LogP contribution in [-0.2, 0) is 4.79 Å². The summed E-state index contributed by atoms with van der Waals surface area (Å²) < 4.78 is 14.0. The Morgan fingerprint density at radius 3 is 2.05 bits per heavy atom. The minimum Gasteiger partial charge on any atom is -0.477 e. The van der Waals surface area contributed by atoms with Crippen LogP contribution < -0.4 is 10.2 Å². The van der Waals surface area contributed by atoms with E-state index in [2.05, 4.69) is 41.2 Å². The van der Waals surface area contributed by atoms with Crippen molar-refractivity contribution >= 4 is 34.7 Å². The van der Waals surface area contributed by atoms with Gasteiger partial charge in [0.25, 0.3) is 0 Å². The summed E-state index contributed by atoms with van der Waals surface area (Å²) in [7, 11) is 4.07. The first-order chi connectivity index (χ1) is 20.1. The number of rotatable bonds is 5. The van der Waals surface area contributed by atoms with E-state index in [1.807, 2.05) is 82.5 Å². The number of aromatic amines is 1. The van der Waals surface area contributed by atoms with Gasteiger partial charge in [-0.05, 0) is 61.9 Å². The van der Waals surface area contributed by atoms with Gasteiger partial charge in [-0.25, -0.2) is 9.18 Å². The number of H-pyrrole nitrogens is 1. The Bertz CT molecular complexity index is 1560. The predicted octanol–water partition coefficient (Wildman–Crippen LogP) is 8.71. The molecule has 4 aromatic carbocycles. The van der Waals surface area contributed by atoms with Crippen LogP contribution in [0.15, 0.2) is 97.1 Å². The summed E-state index contributed by atoms with van der Waals surface area (Å²) in [6.45, 7) is 8.15. The van der Waals surface area contributed by atoms with Crippen molar-refractivity contribution in [3.63, 3.8) is 0 Å². The second-order valence-corrected chi connectivity index (χ2v) is 9.78. The Morgan fingerprint density at radius 1 is 0.881 bits per heavy atom. The highest BCUT2D eigenvalue weighted by molar-refractivity contribution is 6.07. The van der Waals surface area contributed by atoms with Crippen LogP contribution in [0.3, 0.4) is 0 Å². The molecule has 0 saturated heterocycles. The number of aromatic carboxylic acids is 1. The quantitative estimate of drug-likeness (QED) is 0.185. The van der Waals surface area contributed by atoms with Gasteiger partial charge in [-0.3, -0.25) is 4.79 Å². The molecule has 5 rings (SSSR count). The number of anilines is 2. The van der Waals surface area contributed by atoms with Crippen LogP contribution in [0, 0.1) is 19.7 Å². The highest BCUT2D eigenvalue weighted by atomic mass is 19.1. The summed E-state index contributed by atoms with van der Waals surface area (Å²) in [4.78, 5) is 26.3. The van der Waals surface area contributed by atoms with E-state index in [9.17, 15) is 19.1 Å². The van der Waals surface area contributed by atoms with E-state index in [4.69, 9.17) is 0 Å². The topological polar surface area (TPSA) is 85.4 Å². The number of aromatic nitrogens is 1. The molecule has 0 unspecified atom stereocenters. The van der Waals surface area contributed by atoms with Crippen molar-refractivity contribution < 1.29 is 19.1 Å². The van der Waals surface area contributed by atoms with E-state index in [1.165, 1.54) is 18.2 Å². The van der Waals surface area contributed by atoms with Gasteiger partial charge in [0, 0.05) is 47.5 Å². The average Bonchev–Trinajstić information content (AvgIpc) is 3.34. The highest BCUT2D eigenvalue weighted by Gasteiger charge is 2.20. The molecule has 0 saturated carbocycles. The fourth-order valence-electron chi connectivity index (χ4n) is 3.94. The van der Waals surface area contributed by atoms with Gasteiger partial charge in [0.2, 0.25) is 6.41 Å². The number of nitrogens with zero attached hydrogens (tertiary/aromatic N) is 1. The number of fused-ring (bicyclic) bond motifs is 1. The first-order valence-electron chi connectivity index (χ1n) is 13.7. The lowest BCUT2D eigenvalue weighted by Crippen LogP contribution is -2.07. The number of nitrogens with one attached hydrogen (secondary N) is 2. The molecule has 3 N–H and O–H groups in total. The number of carbonyl (C=O) groups excluding carboxylic acids is 1. The smallest absolute Gasteiger partial charge is 0.352 e. The number of para-hydroxylation sites is 1. The van der Waals surface area contributed by atoms with E-state index in [0.29, 0.717) is 28.4 Å². The number of carbonyl (C=O) groups is 2. The fraction of sp³-hybridized carbons (Fsp3) is 0.200. The normalized spacial score (nSPS) is 9.69. The van der Waals surface area contributed by atoms with Crippen molar-refractivity contribution in [3.05, 3.63) is 120 Å². The first kappa shape index (κ1) is 33.3. The molecule has 0 aliphatic heterocycles. The van der Waals surface area contributed by atoms with E-state index in [1.54, 1.807) is 24.3 Å². The van der Waals surface area contributed by atoms with Gasteiger partial charge in [0.05, 0.1) is 0 Å². The fourth-order valence-corrected chi connectivity index (χ4v) is 3.94. The molecular weight excluding hydrogens is 529 g/mol. The van der Waals surface area contributed by atoms with Crippen LogP contribution in [0.5, 0.6) is 0 Å². The standard InChI is InChI=1S/C16H12FNO2.C8H9NO.C8H11N.C3H8/c1-9-6-7-13-11(8-9)14(15(18-13)16(19)20)10-4-2-3-5-12(10)17;1-7-3-2-4-8(5-7)9-6-10;1-9(2)8-6-4-3-5-7-8;1-3-2/h2-8,18H,1H3,(H,19,20);2-6H,1H3,(H,9,10);3-7H,1-2H3;3H2,1-2H3. The molecule has 0 bridgehead atoms. The maximum absolute atomic E-state index is 14.0. The first-order valence-corrected chi connectivity index (χ1v) is 13.7. The van der Waals surface area contributed by atoms with Crippen molar-refractivity contribution in [3.8, 4) is 11.1 Å². The molecule has 1 heterocycles. The SMILES string of the molecule is CCC.CN(C)c1ccccc1.Cc1ccc2[nH]c(C(=O)O)c(-c3ccccc3F)c2c1.Cc1cccc(NC=O)c1. The highest BCUT2D eigenvalue weighted by Crippen LogP contribution is 2.34. The molecular formula is C35H40FN3O3. The second-order valence-electron chi connectivity index (χ2n) is 9.78. The van der Waals surface area contributed by atoms with Crippen molar-refractivity contribution in [2.45, 2.75) is 34.1 Å². The molecule has 1 aromatic heterocycles. The van der Waals surface area contributed by atoms with E-state index >= 15 is 0 Å². The minimum absolute atomic E-state index is 0.00991. The zero-order valence-electron chi connectivity index (χ0n) is 25.1. The van der Waals surface area contributed by atoms with Crippen molar-refractivity contribution in [2.75, 3.05) is 24.3 Å². The van der Waals surface area contributed by atoms with E-state index < -0.39 is 11.8 Å². The Kier molecular flexibility index (Phi) is 13.5. The Morgan fingerprint density at radius 2 is 1.50 bits per heavy atom. The third-order valence-corrected chi connectivity index (χ3v) is 5.83. The molecule has 0 radical (unpaired) electrons. The van der Waals surface area contributed by atoms with Crippen molar-refractivity contribution in [1.82, 2.24) is 4.98 Å². The molecule has 42 heavy (non-hydrogen) atoms. The van der Waals surface area contributed by atoms with Crippen LogP contribution in [0.1, 0.15) is 41.9 Å². The van der Waals surface area contributed by atoms with E-state index in [-0.39, 0.29) is 5.69 Å². The summed E-state index contributed by atoms with van der Waals surface area (Å²) in [5, 5.41) is 12.6. The van der Waals surface area contributed by atoms with Crippen LogP contribution in [0.4, 0.5) is 15.8 Å². The molecule has 6 nitrogen and oxygen atoms in total. The summed E-state index contributed by atoms with van der Waals surface area (Å²) >= 11 is 0. The number of hydrogen-bond acceptors (Lipinski definition) is 3. The lowest BCUT2D eigenvalue weighted by atomic mass is 10.0. The van der Waals surface area contributed by atoms with Crippen LogP contribution in [0.25, 0.3) is 22.0 Å². The zero-order valence-corrected chi connectivity index (χ0v) is 25.1.